The van der Waals surface area contributed by atoms with Crippen molar-refractivity contribution in [3.63, 3.8) is 0 Å². The Morgan fingerprint density at radius 1 is 1.27 bits per heavy atom. The van der Waals surface area contributed by atoms with Gasteiger partial charge < -0.3 is 19.4 Å². The van der Waals surface area contributed by atoms with E-state index in [0.29, 0.717) is 19.7 Å². The fraction of sp³-hybridized carbons (Fsp3) is 0.722. The highest BCUT2D eigenvalue weighted by molar-refractivity contribution is 5.80. The Hall–Kier alpha value is -1.93. The molecule has 0 aromatic carbocycles. The van der Waals surface area contributed by atoms with Gasteiger partial charge in [0, 0.05) is 52.4 Å². The Labute approximate surface area is 154 Å². The lowest BCUT2D eigenvalue weighted by atomic mass is 10.1. The molecule has 1 amide bonds. The first kappa shape index (κ1) is 18.8. The van der Waals surface area contributed by atoms with Gasteiger partial charge in [-0.1, -0.05) is 6.92 Å². The van der Waals surface area contributed by atoms with Crippen LogP contribution in [0.5, 0.6) is 0 Å². The summed E-state index contributed by atoms with van der Waals surface area (Å²) in [5, 5.41) is 4.22. The van der Waals surface area contributed by atoms with Gasteiger partial charge in [-0.3, -0.25) is 9.59 Å². The van der Waals surface area contributed by atoms with Crippen molar-refractivity contribution in [3.8, 4) is 0 Å². The second-order valence-corrected chi connectivity index (χ2v) is 6.96. The van der Waals surface area contributed by atoms with E-state index in [9.17, 15) is 9.59 Å². The Kier molecular flexibility index (Phi) is 6.26. The maximum Gasteiger partial charge on any atom is 0.268 e. The van der Waals surface area contributed by atoms with Crippen LogP contribution in [0.4, 0.5) is 5.69 Å². The Balaban J connectivity index is 1.57. The van der Waals surface area contributed by atoms with Gasteiger partial charge in [-0.05, 0) is 13.0 Å². The molecule has 3 heterocycles. The first-order valence-corrected chi connectivity index (χ1v) is 9.44. The van der Waals surface area contributed by atoms with Crippen LogP contribution >= 0.6 is 0 Å². The number of nitrogens with zero attached hydrogens (tertiary/aromatic N) is 5. The highest BCUT2D eigenvalue weighted by Crippen LogP contribution is 2.24. The van der Waals surface area contributed by atoms with Gasteiger partial charge in [0.2, 0.25) is 5.91 Å². The van der Waals surface area contributed by atoms with Crippen molar-refractivity contribution >= 4 is 11.6 Å². The number of hydrogen-bond donors (Lipinski definition) is 0. The second kappa shape index (κ2) is 8.64. The molecule has 3 rings (SSSR count). The quantitative estimate of drug-likeness (QED) is 0.702. The van der Waals surface area contributed by atoms with Crippen molar-refractivity contribution in [2.24, 2.45) is 5.92 Å². The van der Waals surface area contributed by atoms with Crippen LogP contribution in [0.15, 0.2) is 17.1 Å². The largest absolute Gasteiger partial charge is 0.383 e. The van der Waals surface area contributed by atoms with E-state index in [2.05, 4.69) is 21.8 Å². The van der Waals surface area contributed by atoms with Crippen LogP contribution in [0.1, 0.15) is 13.3 Å². The number of carbonyl (C=O) groups is 1. The molecule has 0 aliphatic carbocycles. The normalized spacial score (nSPS) is 21.4. The van der Waals surface area contributed by atoms with Crippen LogP contribution < -0.4 is 10.5 Å². The number of amides is 1. The summed E-state index contributed by atoms with van der Waals surface area (Å²) < 4.78 is 6.39. The van der Waals surface area contributed by atoms with Crippen LogP contribution in [0.25, 0.3) is 0 Å². The molecule has 2 saturated heterocycles. The minimum Gasteiger partial charge on any atom is -0.383 e. The topological polar surface area (TPSA) is 70.9 Å². The minimum absolute atomic E-state index is 0.0131. The summed E-state index contributed by atoms with van der Waals surface area (Å²) >= 11 is 0. The van der Waals surface area contributed by atoms with Gasteiger partial charge in [-0.25, -0.2) is 4.68 Å². The number of aromatic nitrogens is 2. The second-order valence-electron chi connectivity index (χ2n) is 6.96. The number of anilines is 1. The lowest BCUT2D eigenvalue weighted by Gasteiger charge is -2.35. The van der Waals surface area contributed by atoms with Crippen LogP contribution in [0, 0.1) is 5.92 Å². The third-order valence-corrected chi connectivity index (χ3v) is 5.40. The molecule has 1 aromatic heterocycles. The van der Waals surface area contributed by atoms with Crippen LogP contribution in [-0.2, 0) is 16.1 Å². The molecular formula is C18H29N5O3. The number of piperazine rings is 1. The summed E-state index contributed by atoms with van der Waals surface area (Å²) in [4.78, 5) is 31.4. The summed E-state index contributed by atoms with van der Waals surface area (Å²) in [6.45, 7) is 9.11. The minimum atomic E-state index is -0.134. The number of ether oxygens (including phenoxy) is 1. The SMILES string of the molecule is CCN1CCN(C(=O)C2CCN(c3cnn(CCOC)c(=O)c3)C2)CC1. The molecule has 26 heavy (non-hydrogen) atoms. The van der Waals surface area contributed by atoms with E-state index < -0.39 is 0 Å². The zero-order chi connectivity index (χ0) is 18.5. The zero-order valence-electron chi connectivity index (χ0n) is 15.8. The van der Waals surface area contributed by atoms with E-state index in [1.54, 1.807) is 19.4 Å². The lowest BCUT2D eigenvalue weighted by Crippen LogP contribution is -2.50. The van der Waals surface area contributed by atoms with E-state index in [4.69, 9.17) is 4.74 Å². The summed E-state index contributed by atoms with van der Waals surface area (Å²) in [6.07, 6.45) is 2.55. The zero-order valence-corrected chi connectivity index (χ0v) is 15.8. The molecule has 144 valence electrons. The van der Waals surface area contributed by atoms with Gasteiger partial charge in [-0.15, -0.1) is 0 Å². The van der Waals surface area contributed by atoms with Gasteiger partial charge in [-0.2, -0.15) is 5.10 Å². The van der Waals surface area contributed by atoms with E-state index in [1.165, 1.54) is 4.68 Å². The fourth-order valence-electron chi connectivity index (χ4n) is 3.68. The van der Waals surface area contributed by atoms with Crippen molar-refractivity contribution in [2.75, 3.05) is 64.4 Å². The molecule has 1 atom stereocenters. The van der Waals surface area contributed by atoms with Gasteiger partial charge >= 0.3 is 0 Å². The van der Waals surface area contributed by atoms with Crippen molar-refractivity contribution < 1.29 is 9.53 Å². The summed E-state index contributed by atoms with van der Waals surface area (Å²) in [6, 6.07) is 1.61. The molecule has 0 N–H and O–H groups in total. The van der Waals surface area contributed by atoms with E-state index >= 15 is 0 Å². The lowest BCUT2D eigenvalue weighted by molar-refractivity contribution is -0.136. The number of methoxy groups -OCH3 is 1. The molecule has 0 saturated carbocycles. The predicted molar refractivity (Wildman–Crippen MR) is 99.4 cm³/mol. The van der Waals surface area contributed by atoms with Crippen molar-refractivity contribution in [2.45, 2.75) is 19.9 Å². The van der Waals surface area contributed by atoms with Crippen LogP contribution in [0.3, 0.4) is 0 Å². The molecule has 2 aliphatic heterocycles. The van der Waals surface area contributed by atoms with Crippen molar-refractivity contribution in [1.29, 1.82) is 0 Å². The van der Waals surface area contributed by atoms with Crippen molar-refractivity contribution in [1.82, 2.24) is 19.6 Å². The summed E-state index contributed by atoms with van der Waals surface area (Å²) in [5.74, 6) is 0.267. The first-order chi connectivity index (χ1) is 12.6. The molecule has 0 radical (unpaired) electrons. The molecule has 8 heteroatoms. The van der Waals surface area contributed by atoms with E-state index in [-0.39, 0.29) is 17.4 Å². The third kappa shape index (κ3) is 4.24. The summed E-state index contributed by atoms with van der Waals surface area (Å²) in [5.41, 5.74) is 0.666. The monoisotopic (exact) mass is 363 g/mol. The number of likely N-dealkylation sites (N-methyl/N-ethyl adjacent to an activating group) is 1. The van der Waals surface area contributed by atoms with E-state index in [1.807, 2.05) is 4.90 Å². The molecule has 1 aromatic rings. The standard InChI is InChI=1S/C18H29N5O3/c1-3-20-6-8-21(9-7-20)18(25)15-4-5-22(14-15)16-12-17(24)23(19-13-16)10-11-26-2/h12-13,15H,3-11,14H2,1-2H3. The number of carbonyl (C=O) groups excluding carboxylic acids is 1. The third-order valence-electron chi connectivity index (χ3n) is 5.40. The molecule has 2 fully saturated rings. The molecule has 0 spiro atoms. The Morgan fingerprint density at radius 2 is 2.04 bits per heavy atom. The first-order valence-electron chi connectivity index (χ1n) is 9.44. The molecule has 8 nitrogen and oxygen atoms in total. The maximum atomic E-state index is 12.8. The Morgan fingerprint density at radius 3 is 2.69 bits per heavy atom. The summed E-state index contributed by atoms with van der Waals surface area (Å²) in [7, 11) is 1.60. The smallest absolute Gasteiger partial charge is 0.268 e. The molecular weight excluding hydrogens is 334 g/mol. The fourth-order valence-corrected chi connectivity index (χ4v) is 3.68. The molecule has 2 aliphatic rings. The van der Waals surface area contributed by atoms with Crippen LogP contribution in [0.2, 0.25) is 0 Å². The number of hydrogen-bond acceptors (Lipinski definition) is 6. The highest BCUT2D eigenvalue weighted by atomic mass is 16.5. The van der Waals surface area contributed by atoms with E-state index in [0.717, 1.165) is 51.4 Å². The average Bonchev–Trinajstić information content (AvgIpc) is 3.16. The molecule has 0 bridgehead atoms. The number of rotatable bonds is 6. The predicted octanol–water partition coefficient (Wildman–Crippen LogP) is -0.120. The highest BCUT2D eigenvalue weighted by Gasteiger charge is 2.33. The van der Waals surface area contributed by atoms with Gasteiger partial charge in [0.05, 0.1) is 31.0 Å². The van der Waals surface area contributed by atoms with Crippen LogP contribution in [-0.4, -0.2) is 85.0 Å². The Bertz CT molecular complexity index is 669. The van der Waals surface area contributed by atoms with Gasteiger partial charge in [0.1, 0.15) is 0 Å². The van der Waals surface area contributed by atoms with Gasteiger partial charge in [0.25, 0.3) is 5.56 Å². The maximum absolute atomic E-state index is 12.8. The average molecular weight is 363 g/mol. The molecule has 1 unspecified atom stereocenters. The van der Waals surface area contributed by atoms with Crippen molar-refractivity contribution in [3.05, 3.63) is 22.6 Å². The van der Waals surface area contributed by atoms with Gasteiger partial charge in [0.15, 0.2) is 0 Å².